The molecule has 0 aliphatic carbocycles. The molecule has 1 saturated heterocycles. The van der Waals surface area contributed by atoms with E-state index in [1.807, 2.05) is 36.4 Å². The van der Waals surface area contributed by atoms with Crippen LogP contribution >= 0.6 is 0 Å². The highest BCUT2D eigenvalue weighted by Crippen LogP contribution is 2.33. The van der Waals surface area contributed by atoms with Gasteiger partial charge in [-0.1, -0.05) is 86.8 Å². The van der Waals surface area contributed by atoms with Crippen molar-refractivity contribution in [2.45, 2.75) is 44.8 Å². The van der Waals surface area contributed by atoms with Crippen LogP contribution in [0, 0.1) is 0 Å². The molecule has 2 aromatic rings. The Morgan fingerprint density at radius 3 is 2.00 bits per heavy atom. The highest BCUT2D eigenvalue weighted by Gasteiger charge is 2.37. The summed E-state index contributed by atoms with van der Waals surface area (Å²) in [5, 5.41) is 0. The SMILES string of the molecule is CCCCCCS(=O)(=O)OC1CN(C(c2ccccc2)c2ccccc2)C1. The first kappa shape index (κ1) is 20.1. The standard InChI is InChI=1S/C22H29NO3S/c1-2-3-4-11-16-27(24,25)26-21-17-23(18-21)22(19-12-7-5-8-13-19)20-14-9-6-10-15-20/h5-10,12-15,21-22H,2-4,11,16-18H2,1H3. The first-order valence-electron chi connectivity index (χ1n) is 9.84. The van der Waals surface area contributed by atoms with Gasteiger partial charge >= 0.3 is 0 Å². The molecule has 1 fully saturated rings. The fraction of sp³-hybridized carbons (Fsp3) is 0.455. The third-order valence-electron chi connectivity index (χ3n) is 5.00. The van der Waals surface area contributed by atoms with Gasteiger partial charge in [-0.15, -0.1) is 0 Å². The number of benzene rings is 2. The molecule has 3 rings (SSSR count). The van der Waals surface area contributed by atoms with E-state index in [9.17, 15) is 8.42 Å². The van der Waals surface area contributed by atoms with E-state index >= 15 is 0 Å². The molecule has 27 heavy (non-hydrogen) atoms. The van der Waals surface area contributed by atoms with Crippen molar-refractivity contribution in [3.63, 3.8) is 0 Å². The molecule has 146 valence electrons. The molecule has 2 aromatic carbocycles. The average Bonchev–Trinajstić information content (AvgIpc) is 2.65. The number of unbranched alkanes of at least 4 members (excludes halogenated alkanes) is 3. The first-order chi connectivity index (χ1) is 13.1. The summed E-state index contributed by atoms with van der Waals surface area (Å²) in [5.41, 5.74) is 2.43. The van der Waals surface area contributed by atoms with Crippen LogP contribution in [-0.2, 0) is 14.3 Å². The van der Waals surface area contributed by atoms with Gasteiger partial charge < -0.3 is 0 Å². The lowest BCUT2D eigenvalue weighted by Crippen LogP contribution is -2.54. The second-order valence-corrected chi connectivity index (χ2v) is 8.93. The number of hydrogen-bond donors (Lipinski definition) is 0. The maximum Gasteiger partial charge on any atom is 0.267 e. The summed E-state index contributed by atoms with van der Waals surface area (Å²) >= 11 is 0. The molecule has 0 atom stereocenters. The van der Waals surface area contributed by atoms with Crippen LogP contribution in [-0.4, -0.2) is 38.3 Å². The largest absolute Gasteiger partial charge is 0.287 e. The summed E-state index contributed by atoms with van der Waals surface area (Å²) in [4.78, 5) is 2.28. The second-order valence-electron chi connectivity index (χ2n) is 7.22. The van der Waals surface area contributed by atoms with E-state index in [-0.39, 0.29) is 17.9 Å². The van der Waals surface area contributed by atoms with E-state index in [4.69, 9.17) is 4.18 Å². The summed E-state index contributed by atoms with van der Waals surface area (Å²) in [7, 11) is -3.43. The van der Waals surface area contributed by atoms with Crippen molar-refractivity contribution < 1.29 is 12.6 Å². The van der Waals surface area contributed by atoms with Crippen molar-refractivity contribution in [3.8, 4) is 0 Å². The Morgan fingerprint density at radius 2 is 1.48 bits per heavy atom. The molecule has 5 heteroatoms. The van der Waals surface area contributed by atoms with Gasteiger partial charge in [0.25, 0.3) is 10.1 Å². The van der Waals surface area contributed by atoms with Crippen LogP contribution in [0.4, 0.5) is 0 Å². The Labute approximate surface area is 163 Å². The second kappa shape index (κ2) is 9.49. The van der Waals surface area contributed by atoms with Gasteiger partial charge in [0, 0.05) is 13.1 Å². The number of likely N-dealkylation sites (tertiary alicyclic amines) is 1. The molecule has 0 spiro atoms. The van der Waals surface area contributed by atoms with Crippen molar-refractivity contribution in [2.24, 2.45) is 0 Å². The Balaban J connectivity index is 1.60. The van der Waals surface area contributed by atoms with E-state index < -0.39 is 10.1 Å². The molecule has 1 heterocycles. The molecular weight excluding hydrogens is 358 g/mol. The van der Waals surface area contributed by atoms with Gasteiger partial charge in [0.05, 0.1) is 11.8 Å². The van der Waals surface area contributed by atoms with Crippen molar-refractivity contribution in [2.75, 3.05) is 18.8 Å². The smallest absolute Gasteiger partial charge is 0.267 e. The van der Waals surface area contributed by atoms with Gasteiger partial charge in [-0.05, 0) is 17.5 Å². The third-order valence-corrected chi connectivity index (χ3v) is 6.36. The quantitative estimate of drug-likeness (QED) is 0.448. The van der Waals surface area contributed by atoms with E-state index in [0.29, 0.717) is 19.5 Å². The fourth-order valence-corrected chi connectivity index (χ4v) is 4.78. The lowest BCUT2D eigenvalue weighted by molar-refractivity contribution is 0.00421. The normalized spacial score (nSPS) is 15.8. The maximum atomic E-state index is 12.2. The van der Waals surface area contributed by atoms with E-state index in [0.717, 1.165) is 19.3 Å². The predicted molar refractivity (Wildman–Crippen MR) is 109 cm³/mol. The number of rotatable bonds is 10. The van der Waals surface area contributed by atoms with Crippen LogP contribution in [0.2, 0.25) is 0 Å². The average molecular weight is 388 g/mol. The van der Waals surface area contributed by atoms with Gasteiger partial charge in [0.15, 0.2) is 0 Å². The zero-order valence-electron chi connectivity index (χ0n) is 16.0. The van der Waals surface area contributed by atoms with Crippen molar-refractivity contribution in [1.82, 2.24) is 4.90 Å². The molecule has 4 nitrogen and oxygen atoms in total. The minimum atomic E-state index is -3.43. The molecular formula is C22H29NO3S. The third kappa shape index (κ3) is 5.64. The van der Waals surface area contributed by atoms with Crippen LogP contribution in [0.3, 0.4) is 0 Å². The highest BCUT2D eigenvalue weighted by atomic mass is 32.2. The maximum absolute atomic E-state index is 12.2. The van der Waals surface area contributed by atoms with Gasteiger partial charge in [0.1, 0.15) is 6.10 Å². The molecule has 0 saturated carbocycles. The van der Waals surface area contributed by atoms with Crippen LogP contribution < -0.4 is 0 Å². The Bertz CT molecular complexity index is 747. The summed E-state index contributed by atoms with van der Waals surface area (Å²) in [6, 6.07) is 20.8. The molecule has 0 aromatic heterocycles. The number of nitrogens with zero attached hydrogens (tertiary/aromatic N) is 1. The summed E-state index contributed by atoms with van der Waals surface area (Å²) in [6.45, 7) is 3.37. The van der Waals surface area contributed by atoms with Crippen LogP contribution in [0.1, 0.15) is 49.8 Å². The fourth-order valence-electron chi connectivity index (χ4n) is 3.59. The minimum Gasteiger partial charge on any atom is -0.287 e. The molecule has 1 aliphatic rings. The molecule has 0 N–H and O–H groups in total. The van der Waals surface area contributed by atoms with Crippen LogP contribution in [0.5, 0.6) is 0 Å². The highest BCUT2D eigenvalue weighted by molar-refractivity contribution is 7.86. The van der Waals surface area contributed by atoms with Crippen LogP contribution in [0.25, 0.3) is 0 Å². The lowest BCUT2D eigenvalue weighted by atomic mass is 9.94. The first-order valence-corrected chi connectivity index (χ1v) is 11.4. The van der Waals surface area contributed by atoms with Gasteiger partial charge in [-0.25, -0.2) is 0 Å². The van der Waals surface area contributed by atoms with E-state index in [1.54, 1.807) is 0 Å². The molecule has 1 aliphatic heterocycles. The van der Waals surface area contributed by atoms with Crippen LogP contribution in [0.15, 0.2) is 60.7 Å². The van der Waals surface area contributed by atoms with Gasteiger partial charge in [-0.2, -0.15) is 8.42 Å². The number of hydrogen-bond acceptors (Lipinski definition) is 4. The Morgan fingerprint density at radius 1 is 0.926 bits per heavy atom. The molecule has 0 amide bonds. The molecule has 0 bridgehead atoms. The van der Waals surface area contributed by atoms with Gasteiger partial charge in [-0.3, -0.25) is 9.08 Å². The molecule has 0 unspecified atom stereocenters. The summed E-state index contributed by atoms with van der Waals surface area (Å²) in [6.07, 6.45) is 3.56. The zero-order valence-corrected chi connectivity index (χ0v) is 16.8. The predicted octanol–water partition coefficient (Wildman–Crippen LogP) is 4.39. The minimum absolute atomic E-state index is 0.125. The topological polar surface area (TPSA) is 46.6 Å². The Hall–Kier alpha value is -1.69. The van der Waals surface area contributed by atoms with Crippen molar-refractivity contribution in [3.05, 3.63) is 71.8 Å². The monoisotopic (exact) mass is 387 g/mol. The van der Waals surface area contributed by atoms with E-state index in [2.05, 4.69) is 36.1 Å². The Kier molecular flexibility index (Phi) is 7.05. The zero-order chi connectivity index (χ0) is 19.1. The van der Waals surface area contributed by atoms with Gasteiger partial charge in [0.2, 0.25) is 0 Å². The summed E-state index contributed by atoms with van der Waals surface area (Å²) in [5.74, 6) is 0.129. The summed E-state index contributed by atoms with van der Waals surface area (Å²) < 4.78 is 29.8. The lowest BCUT2D eigenvalue weighted by Gasteiger charge is -2.43. The van der Waals surface area contributed by atoms with Crippen molar-refractivity contribution >= 4 is 10.1 Å². The molecule has 0 radical (unpaired) electrons. The van der Waals surface area contributed by atoms with E-state index in [1.165, 1.54) is 11.1 Å². The van der Waals surface area contributed by atoms with Crippen molar-refractivity contribution in [1.29, 1.82) is 0 Å².